The molecule has 0 atom stereocenters. The number of carbonyl (C=O) groups excluding carboxylic acids is 2. The third-order valence-corrected chi connectivity index (χ3v) is 6.39. The first-order valence-electron chi connectivity index (χ1n) is 9.80. The van der Waals surface area contributed by atoms with Crippen LogP contribution in [0.1, 0.15) is 28.7 Å². The van der Waals surface area contributed by atoms with Gasteiger partial charge in [-0.1, -0.05) is 30.0 Å². The van der Waals surface area contributed by atoms with Crippen molar-refractivity contribution in [2.75, 3.05) is 12.0 Å². The van der Waals surface area contributed by atoms with E-state index >= 15 is 0 Å². The summed E-state index contributed by atoms with van der Waals surface area (Å²) < 4.78 is 4.77. The average molecular weight is 482 g/mol. The Bertz CT molecular complexity index is 1400. The number of thiazole rings is 1. The molecule has 0 unspecified atom stereocenters. The van der Waals surface area contributed by atoms with Gasteiger partial charge in [0, 0.05) is 23.8 Å². The van der Waals surface area contributed by atoms with Gasteiger partial charge in [0.15, 0.2) is 15.9 Å². The van der Waals surface area contributed by atoms with Crippen molar-refractivity contribution in [2.24, 2.45) is 0 Å². The Kier molecular flexibility index (Phi) is 6.52. The number of methoxy groups -OCH3 is 1. The number of hydrogen-bond donors (Lipinski definition) is 1. The van der Waals surface area contributed by atoms with Gasteiger partial charge in [0.25, 0.3) is 5.56 Å². The van der Waals surface area contributed by atoms with Gasteiger partial charge < -0.3 is 9.72 Å². The predicted octanol–water partition coefficient (Wildman–Crippen LogP) is 3.85. The van der Waals surface area contributed by atoms with E-state index in [1.807, 2.05) is 35.7 Å². The van der Waals surface area contributed by atoms with Gasteiger partial charge in [0.05, 0.1) is 29.4 Å². The van der Waals surface area contributed by atoms with Gasteiger partial charge in [0.2, 0.25) is 5.91 Å². The molecule has 0 aliphatic heterocycles. The molecule has 0 spiro atoms. The van der Waals surface area contributed by atoms with Gasteiger partial charge in [-0.3, -0.25) is 14.5 Å². The fraction of sp³-hybridized carbons (Fsp3) is 0.182. The summed E-state index contributed by atoms with van der Waals surface area (Å²) in [5.41, 5.74) is 1.85. The number of ether oxygens (including phenoxy) is 1. The van der Waals surface area contributed by atoms with Crippen molar-refractivity contribution in [1.82, 2.24) is 19.9 Å². The second-order valence-electron chi connectivity index (χ2n) is 6.97. The van der Waals surface area contributed by atoms with E-state index in [-0.39, 0.29) is 22.5 Å². The normalized spacial score (nSPS) is 10.9. The lowest BCUT2D eigenvalue weighted by atomic mass is 10.1. The number of rotatable bonds is 6. The Morgan fingerprint density at radius 3 is 2.64 bits per heavy atom. The maximum atomic E-state index is 12.7. The van der Waals surface area contributed by atoms with Crippen LogP contribution in [0.2, 0.25) is 0 Å². The van der Waals surface area contributed by atoms with E-state index in [1.165, 1.54) is 43.2 Å². The summed E-state index contributed by atoms with van der Waals surface area (Å²) in [6.45, 7) is 3.20. The average Bonchev–Trinajstić information content (AvgIpc) is 3.25. The first kappa shape index (κ1) is 22.6. The lowest BCUT2D eigenvalue weighted by Gasteiger charge is -2.17. The van der Waals surface area contributed by atoms with Crippen LogP contribution in [0.4, 0.5) is 10.8 Å². The van der Waals surface area contributed by atoms with E-state index in [0.717, 1.165) is 11.4 Å². The van der Waals surface area contributed by atoms with Crippen molar-refractivity contribution in [3.05, 3.63) is 69.1 Å². The quantitative estimate of drug-likeness (QED) is 0.251. The Morgan fingerprint density at radius 2 is 1.94 bits per heavy atom. The van der Waals surface area contributed by atoms with Crippen molar-refractivity contribution < 1.29 is 14.3 Å². The number of benzene rings is 1. The molecule has 3 heterocycles. The van der Waals surface area contributed by atoms with E-state index in [9.17, 15) is 14.4 Å². The number of carbonyl (C=O) groups is 2. The van der Waals surface area contributed by atoms with Crippen molar-refractivity contribution in [1.29, 1.82) is 0 Å². The summed E-state index contributed by atoms with van der Waals surface area (Å²) in [4.78, 5) is 54.5. The molecule has 1 amide bonds. The SMILES string of the molecule is COC(=O)c1cc(C)nc2nc(SCc3csc(N(C(C)=O)c4ccccc4)n3)[nH]c(=O)c12. The van der Waals surface area contributed by atoms with E-state index in [0.29, 0.717) is 21.7 Å². The van der Waals surface area contributed by atoms with Crippen LogP contribution in [0.3, 0.4) is 0 Å². The molecule has 0 bridgehead atoms. The standard InChI is InChI=1S/C22H19N5O4S2/c1-12-9-16(20(30)31-3)17-18(23-12)25-21(26-19(17)29)32-10-14-11-33-22(24-14)27(13(2)28)15-7-5-4-6-8-15/h4-9,11H,10H2,1-3H3,(H,23,25,26,29). The summed E-state index contributed by atoms with van der Waals surface area (Å²) in [5.74, 6) is -0.346. The van der Waals surface area contributed by atoms with Crippen LogP contribution in [0.25, 0.3) is 11.0 Å². The third-order valence-electron chi connectivity index (χ3n) is 4.61. The summed E-state index contributed by atoms with van der Waals surface area (Å²) in [6, 6.07) is 10.8. The first-order chi connectivity index (χ1) is 15.9. The molecule has 33 heavy (non-hydrogen) atoms. The molecule has 0 saturated carbocycles. The first-order valence-corrected chi connectivity index (χ1v) is 11.7. The molecule has 0 aliphatic carbocycles. The number of pyridine rings is 1. The van der Waals surface area contributed by atoms with Gasteiger partial charge in [-0.25, -0.2) is 19.7 Å². The smallest absolute Gasteiger partial charge is 0.338 e. The summed E-state index contributed by atoms with van der Waals surface area (Å²) >= 11 is 2.63. The van der Waals surface area contributed by atoms with Crippen LogP contribution in [0, 0.1) is 6.92 Å². The molecule has 0 radical (unpaired) electrons. The van der Waals surface area contributed by atoms with Crippen molar-refractivity contribution in [3.63, 3.8) is 0 Å². The number of aromatic nitrogens is 4. The molecule has 4 aromatic rings. The number of anilines is 2. The minimum Gasteiger partial charge on any atom is -0.465 e. The van der Waals surface area contributed by atoms with Crippen molar-refractivity contribution >= 4 is 56.8 Å². The molecular weight excluding hydrogens is 462 g/mol. The minimum absolute atomic E-state index is 0.0905. The molecular formula is C22H19N5O4S2. The zero-order chi connectivity index (χ0) is 23.5. The Hall–Kier alpha value is -3.57. The van der Waals surface area contributed by atoms with Crippen LogP contribution in [0.5, 0.6) is 0 Å². The highest BCUT2D eigenvalue weighted by molar-refractivity contribution is 7.98. The lowest BCUT2D eigenvalue weighted by Crippen LogP contribution is -2.22. The third kappa shape index (κ3) is 4.78. The molecule has 0 aliphatic rings. The molecule has 3 aromatic heterocycles. The number of nitrogens with one attached hydrogen (secondary N) is 1. The largest absolute Gasteiger partial charge is 0.465 e. The van der Waals surface area contributed by atoms with Gasteiger partial charge >= 0.3 is 5.97 Å². The number of thioether (sulfide) groups is 1. The fourth-order valence-electron chi connectivity index (χ4n) is 3.20. The van der Waals surface area contributed by atoms with Crippen molar-refractivity contribution in [2.45, 2.75) is 24.8 Å². The molecule has 0 saturated heterocycles. The second-order valence-corrected chi connectivity index (χ2v) is 8.77. The van der Waals surface area contributed by atoms with Gasteiger partial charge in [-0.2, -0.15) is 0 Å². The number of aryl methyl sites for hydroxylation is 1. The highest BCUT2D eigenvalue weighted by atomic mass is 32.2. The van der Waals surface area contributed by atoms with Crippen molar-refractivity contribution in [3.8, 4) is 0 Å². The Labute approximate surface area is 196 Å². The van der Waals surface area contributed by atoms with E-state index in [1.54, 1.807) is 11.8 Å². The highest BCUT2D eigenvalue weighted by Crippen LogP contribution is 2.30. The summed E-state index contributed by atoms with van der Waals surface area (Å²) in [5, 5.41) is 2.86. The zero-order valence-electron chi connectivity index (χ0n) is 18.0. The highest BCUT2D eigenvalue weighted by Gasteiger charge is 2.19. The monoisotopic (exact) mass is 481 g/mol. The van der Waals surface area contributed by atoms with E-state index < -0.39 is 11.5 Å². The van der Waals surface area contributed by atoms with Crippen LogP contribution >= 0.6 is 23.1 Å². The molecule has 4 rings (SSSR count). The zero-order valence-corrected chi connectivity index (χ0v) is 19.6. The number of H-pyrrole nitrogens is 1. The number of esters is 1. The minimum atomic E-state index is -0.623. The number of nitrogens with zero attached hydrogens (tertiary/aromatic N) is 4. The number of para-hydroxylation sites is 1. The van der Waals surface area contributed by atoms with Gasteiger partial charge in [0.1, 0.15) is 0 Å². The Morgan fingerprint density at radius 1 is 1.18 bits per heavy atom. The van der Waals surface area contributed by atoms with E-state index in [2.05, 4.69) is 19.9 Å². The number of aromatic amines is 1. The molecule has 11 heteroatoms. The fourth-order valence-corrected chi connectivity index (χ4v) is 4.94. The topological polar surface area (TPSA) is 118 Å². The lowest BCUT2D eigenvalue weighted by molar-refractivity contribution is -0.115. The Balaban J connectivity index is 1.58. The van der Waals surface area contributed by atoms with Gasteiger partial charge in [-0.05, 0) is 25.1 Å². The maximum Gasteiger partial charge on any atom is 0.338 e. The molecule has 1 N–H and O–H groups in total. The van der Waals surface area contributed by atoms with Crippen LogP contribution < -0.4 is 10.5 Å². The number of hydrogen-bond acceptors (Lipinski definition) is 9. The maximum absolute atomic E-state index is 12.7. The molecule has 168 valence electrons. The number of amides is 1. The molecule has 1 aromatic carbocycles. The van der Waals surface area contributed by atoms with E-state index in [4.69, 9.17) is 4.74 Å². The second kappa shape index (κ2) is 9.51. The molecule has 0 fully saturated rings. The summed E-state index contributed by atoms with van der Waals surface area (Å²) in [7, 11) is 1.25. The molecule has 9 nitrogen and oxygen atoms in total. The van der Waals surface area contributed by atoms with Crippen LogP contribution in [-0.2, 0) is 15.3 Å². The predicted molar refractivity (Wildman–Crippen MR) is 127 cm³/mol. The van der Waals surface area contributed by atoms with Crippen LogP contribution in [0.15, 0.2) is 51.7 Å². The van der Waals surface area contributed by atoms with Gasteiger partial charge in [-0.15, -0.1) is 11.3 Å². The van der Waals surface area contributed by atoms with Crippen LogP contribution in [-0.4, -0.2) is 38.9 Å². The summed E-state index contributed by atoms with van der Waals surface area (Å²) in [6.07, 6.45) is 0. The number of fused-ring (bicyclic) bond motifs is 1.